The van der Waals surface area contributed by atoms with E-state index in [0.717, 1.165) is 13.1 Å². The Morgan fingerprint density at radius 2 is 0.950 bits per heavy atom. The fourth-order valence-corrected chi connectivity index (χ4v) is 7.97. The number of hydrogen-bond donors (Lipinski definition) is 2. The van der Waals surface area contributed by atoms with Crippen LogP contribution in [0.25, 0.3) is 22.5 Å². The zero-order valence-electron chi connectivity index (χ0n) is 25.3. The van der Waals surface area contributed by atoms with Gasteiger partial charge in [-0.15, -0.1) is 0 Å². The summed E-state index contributed by atoms with van der Waals surface area (Å²) in [6.45, 7) is 17.7. The summed E-state index contributed by atoms with van der Waals surface area (Å²) < 4.78 is 0. The topological polar surface area (TPSA) is 38.1 Å². The van der Waals surface area contributed by atoms with Crippen molar-refractivity contribution in [2.24, 2.45) is 0 Å². The third kappa shape index (κ3) is 5.32. The van der Waals surface area contributed by atoms with E-state index in [1.165, 1.54) is 106 Å². The minimum absolute atomic E-state index is 0.633. The Kier molecular flexibility index (Phi) is 7.50. The lowest BCUT2D eigenvalue weighted by atomic mass is 9.98. The Hall–Kier alpha value is -3.08. The molecule has 0 bridgehead atoms. The molecule has 2 aromatic carbocycles. The molecule has 40 heavy (non-hydrogen) atoms. The van der Waals surface area contributed by atoms with Crippen molar-refractivity contribution in [1.29, 1.82) is 0 Å². The molecule has 2 atom stereocenters. The highest BCUT2D eigenvalue weighted by Gasteiger charge is 2.37. The molecule has 2 aromatic heterocycles. The van der Waals surface area contributed by atoms with E-state index in [9.17, 15) is 0 Å². The molecule has 2 aliphatic heterocycles. The Labute approximate surface area is 240 Å². The molecule has 2 fully saturated rings. The highest BCUT2D eigenvalue weighted by Crippen LogP contribution is 2.34. The van der Waals surface area contributed by atoms with E-state index in [1.807, 2.05) is 0 Å². The molecular weight excluding hydrogens is 488 g/mol. The fourth-order valence-electron chi connectivity index (χ4n) is 7.97. The van der Waals surface area contributed by atoms with Gasteiger partial charge in [0.2, 0.25) is 0 Å². The van der Waals surface area contributed by atoms with Crippen LogP contribution in [0, 0.1) is 41.5 Å². The van der Waals surface area contributed by atoms with E-state index < -0.39 is 0 Å². The molecule has 4 heteroatoms. The molecule has 4 heterocycles. The lowest BCUT2D eigenvalue weighted by molar-refractivity contribution is 0.122. The molecule has 0 spiro atoms. The van der Waals surface area contributed by atoms with Crippen molar-refractivity contribution in [2.75, 3.05) is 13.1 Å². The number of aromatic amines is 2. The lowest BCUT2D eigenvalue weighted by Crippen LogP contribution is -2.45. The van der Waals surface area contributed by atoms with E-state index in [2.05, 4.69) is 110 Å². The van der Waals surface area contributed by atoms with Crippen molar-refractivity contribution in [1.82, 2.24) is 19.8 Å². The largest absolute Gasteiger partial charge is 0.357 e. The average molecular weight is 535 g/mol. The molecule has 210 valence electrons. The van der Waals surface area contributed by atoms with Gasteiger partial charge in [0.25, 0.3) is 0 Å². The number of H-pyrrole nitrogens is 2. The molecule has 0 saturated carbocycles. The zero-order chi connectivity index (χ0) is 28.0. The molecule has 0 radical (unpaired) electrons. The van der Waals surface area contributed by atoms with Gasteiger partial charge in [-0.05, 0) is 127 Å². The number of aryl methyl sites for hydroxylation is 6. The predicted octanol–water partition coefficient (Wildman–Crippen LogP) is 8.16. The van der Waals surface area contributed by atoms with Crippen LogP contribution < -0.4 is 0 Å². The molecule has 0 unspecified atom stereocenters. The van der Waals surface area contributed by atoms with Crippen molar-refractivity contribution in [2.45, 2.75) is 92.4 Å². The number of hydrogen-bond acceptors (Lipinski definition) is 2. The average Bonchev–Trinajstić information content (AvgIpc) is 3.67. The molecule has 0 amide bonds. The third-order valence-electron chi connectivity index (χ3n) is 9.41. The normalized spacial score (nSPS) is 20.1. The van der Waals surface area contributed by atoms with Gasteiger partial charge in [-0.25, -0.2) is 0 Å². The van der Waals surface area contributed by atoms with Crippen LogP contribution >= 0.6 is 0 Å². The Morgan fingerprint density at radius 1 is 0.575 bits per heavy atom. The van der Waals surface area contributed by atoms with Gasteiger partial charge < -0.3 is 9.97 Å². The smallest absolute Gasteiger partial charge is 0.0461 e. The maximum Gasteiger partial charge on any atom is 0.0461 e. The van der Waals surface area contributed by atoms with Gasteiger partial charge in [-0.2, -0.15) is 0 Å². The summed E-state index contributed by atoms with van der Waals surface area (Å²) in [5.41, 5.74) is 16.0. The van der Waals surface area contributed by atoms with E-state index in [-0.39, 0.29) is 0 Å². The van der Waals surface area contributed by atoms with E-state index in [1.54, 1.807) is 0 Å². The standard InChI is InChI=1S/C36H46N4/c1-23-17-25(3)35(26(4)18-23)31-13-11-29(37-31)21-39-15-7-9-33(39)34-10-8-16-40(34)22-30-12-14-32(38-30)36-27(5)19-24(2)20-28(36)6/h11-14,17-20,33-34,37-38H,7-10,15-16,21-22H2,1-6H3/t33-,34-/m0/s1. The second-order valence-electron chi connectivity index (χ2n) is 12.7. The van der Waals surface area contributed by atoms with Gasteiger partial charge in [0.1, 0.15) is 0 Å². The summed E-state index contributed by atoms with van der Waals surface area (Å²) in [4.78, 5) is 13.1. The summed E-state index contributed by atoms with van der Waals surface area (Å²) in [5, 5.41) is 0. The van der Waals surface area contributed by atoms with Crippen LogP contribution in [0.3, 0.4) is 0 Å². The molecule has 2 N–H and O–H groups in total. The van der Waals surface area contributed by atoms with Crippen LogP contribution in [0.2, 0.25) is 0 Å². The highest BCUT2D eigenvalue weighted by atomic mass is 15.3. The molecule has 4 aromatic rings. The van der Waals surface area contributed by atoms with Crippen LogP contribution in [0.1, 0.15) is 70.5 Å². The molecule has 2 saturated heterocycles. The second kappa shape index (κ2) is 11.1. The van der Waals surface area contributed by atoms with Crippen LogP contribution in [-0.2, 0) is 13.1 Å². The molecule has 0 aliphatic carbocycles. The quantitative estimate of drug-likeness (QED) is 0.251. The van der Waals surface area contributed by atoms with Crippen LogP contribution in [0.4, 0.5) is 0 Å². The monoisotopic (exact) mass is 534 g/mol. The first-order valence-corrected chi connectivity index (χ1v) is 15.3. The zero-order valence-corrected chi connectivity index (χ0v) is 25.3. The third-order valence-corrected chi connectivity index (χ3v) is 9.41. The number of rotatable bonds is 7. The van der Waals surface area contributed by atoms with Crippen molar-refractivity contribution >= 4 is 0 Å². The Morgan fingerprint density at radius 3 is 1.32 bits per heavy atom. The Balaban J connectivity index is 1.15. The SMILES string of the molecule is Cc1cc(C)c(-c2ccc(CN3CCC[C@H]3[C@@H]3CCCN3Cc3ccc(-c4c(C)cc(C)cc4C)[nH]3)[nH]2)c(C)c1. The second-order valence-corrected chi connectivity index (χ2v) is 12.7. The Bertz CT molecular complexity index is 1340. The van der Waals surface area contributed by atoms with Crippen molar-refractivity contribution in [3.8, 4) is 22.5 Å². The summed E-state index contributed by atoms with van der Waals surface area (Å²) in [7, 11) is 0. The van der Waals surface area contributed by atoms with Gasteiger partial charge in [-0.1, -0.05) is 35.4 Å². The van der Waals surface area contributed by atoms with Crippen LogP contribution in [0.5, 0.6) is 0 Å². The number of nitrogens with one attached hydrogen (secondary N) is 2. The van der Waals surface area contributed by atoms with E-state index in [0.29, 0.717) is 12.1 Å². The van der Waals surface area contributed by atoms with Crippen LogP contribution in [-0.4, -0.2) is 44.9 Å². The minimum Gasteiger partial charge on any atom is -0.357 e. The first-order chi connectivity index (χ1) is 19.3. The molecular formula is C36H46N4. The predicted molar refractivity (Wildman–Crippen MR) is 168 cm³/mol. The summed E-state index contributed by atoms with van der Waals surface area (Å²) in [6, 6.07) is 19.6. The number of benzene rings is 2. The lowest BCUT2D eigenvalue weighted by Gasteiger charge is -2.34. The summed E-state index contributed by atoms with van der Waals surface area (Å²) in [5.74, 6) is 0. The van der Waals surface area contributed by atoms with Gasteiger partial charge in [0.05, 0.1) is 0 Å². The molecule has 6 rings (SSSR count). The highest BCUT2D eigenvalue weighted by molar-refractivity contribution is 5.69. The van der Waals surface area contributed by atoms with Crippen LogP contribution in [0.15, 0.2) is 48.5 Å². The molecule has 2 aliphatic rings. The van der Waals surface area contributed by atoms with E-state index >= 15 is 0 Å². The first-order valence-electron chi connectivity index (χ1n) is 15.3. The number of nitrogens with zero attached hydrogens (tertiary/aromatic N) is 2. The van der Waals surface area contributed by atoms with Gasteiger partial charge >= 0.3 is 0 Å². The number of aromatic nitrogens is 2. The number of likely N-dealkylation sites (tertiary alicyclic amines) is 2. The van der Waals surface area contributed by atoms with E-state index in [4.69, 9.17) is 0 Å². The summed E-state index contributed by atoms with van der Waals surface area (Å²) >= 11 is 0. The van der Waals surface area contributed by atoms with Gasteiger partial charge in [0, 0.05) is 59.1 Å². The molecule has 4 nitrogen and oxygen atoms in total. The van der Waals surface area contributed by atoms with Crippen molar-refractivity contribution in [3.05, 3.63) is 93.3 Å². The summed E-state index contributed by atoms with van der Waals surface area (Å²) in [6.07, 6.45) is 5.22. The first kappa shape index (κ1) is 27.1. The van der Waals surface area contributed by atoms with Crippen molar-refractivity contribution in [3.63, 3.8) is 0 Å². The van der Waals surface area contributed by atoms with Gasteiger partial charge in [-0.3, -0.25) is 9.80 Å². The van der Waals surface area contributed by atoms with Gasteiger partial charge in [0.15, 0.2) is 0 Å². The minimum atomic E-state index is 0.633. The maximum absolute atomic E-state index is 3.79. The maximum atomic E-state index is 3.79. The fraction of sp³-hybridized carbons (Fsp3) is 0.444. The van der Waals surface area contributed by atoms with Crippen molar-refractivity contribution < 1.29 is 0 Å².